The second-order valence-corrected chi connectivity index (χ2v) is 7.53. The Labute approximate surface area is 117 Å². The van der Waals surface area contributed by atoms with Crippen LogP contribution in [0.5, 0.6) is 0 Å². The molecule has 0 unspecified atom stereocenters. The van der Waals surface area contributed by atoms with Crippen molar-refractivity contribution in [3.05, 3.63) is 15.6 Å². The molecule has 0 radical (unpaired) electrons. The van der Waals surface area contributed by atoms with Crippen LogP contribution in [0, 0.1) is 0 Å². The van der Waals surface area contributed by atoms with Crippen molar-refractivity contribution in [1.29, 1.82) is 0 Å². The second kappa shape index (κ2) is 6.57. The molecule has 102 valence electrons. The maximum absolute atomic E-state index is 10.9. The molecule has 0 aliphatic rings. The summed E-state index contributed by atoms with van der Waals surface area (Å²) in [6.45, 7) is 8.40. The maximum Gasteiger partial charge on any atom is 0.308 e. The van der Waals surface area contributed by atoms with Crippen LogP contribution in [0.2, 0.25) is 0 Å². The topological polar surface area (TPSA) is 50.2 Å². The number of carbonyl (C=O) groups is 1. The van der Waals surface area contributed by atoms with Gasteiger partial charge in [0.2, 0.25) is 0 Å². The van der Waals surface area contributed by atoms with Gasteiger partial charge in [0.1, 0.15) is 5.01 Å². The van der Waals surface area contributed by atoms with Crippen molar-refractivity contribution in [3.63, 3.8) is 0 Å². The highest BCUT2D eigenvalue weighted by atomic mass is 32.2. The first-order valence-electron chi connectivity index (χ1n) is 6.13. The molecule has 3 nitrogen and oxygen atoms in total. The number of aromatic nitrogens is 1. The van der Waals surface area contributed by atoms with Gasteiger partial charge in [0, 0.05) is 16.0 Å². The van der Waals surface area contributed by atoms with E-state index in [-0.39, 0.29) is 11.8 Å². The van der Waals surface area contributed by atoms with Gasteiger partial charge in [-0.1, -0.05) is 27.7 Å². The van der Waals surface area contributed by atoms with Crippen LogP contribution in [0.25, 0.3) is 0 Å². The Morgan fingerprint density at radius 2 is 2.11 bits per heavy atom. The van der Waals surface area contributed by atoms with Crippen molar-refractivity contribution in [2.45, 2.75) is 51.7 Å². The molecule has 0 amide bonds. The van der Waals surface area contributed by atoms with Crippen molar-refractivity contribution in [1.82, 2.24) is 4.98 Å². The van der Waals surface area contributed by atoms with Crippen LogP contribution in [0.4, 0.5) is 0 Å². The lowest BCUT2D eigenvalue weighted by atomic mass is 9.91. The number of carboxylic acids is 1. The van der Waals surface area contributed by atoms with E-state index >= 15 is 0 Å². The third-order valence-corrected chi connectivity index (χ3v) is 4.75. The Morgan fingerprint density at radius 1 is 1.44 bits per heavy atom. The van der Waals surface area contributed by atoms with E-state index in [1.165, 1.54) is 0 Å². The summed E-state index contributed by atoms with van der Waals surface area (Å²) in [4.78, 5) is 16.4. The van der Waals surface area contributed by atoms with Crippen LogP contribution in [0.3, 0.4) is 0 Å². The summed E-state index contributed by atoms with van der Waals surface area (Å²) in [6.07, 6.45) is 1.24. The molecule has 0 aliphatic heterocycles. The van der Waals surface area contributed by atoms with E-state index in [1.807, 2.05) is 11.8 Å². The summed E-state index contributed by atoms with van der Waals surface area (Å²) in [5.41, 5.74) is 0.858. The van der Waals surface area contributed by atoms with Crippen LogP contribution >= 0.6 is 23.1 Å². The highest BCUT2D eigenvalue weighted by molar-refractivity contribution is 7.98. The van der Waals surface area contributed by atoms with E-state index in [9.17, 15) is 4.79 Å². The number of carboxylic acid groups (broad SMARTS) is 1. The molecular weight excluding hydrogens is 266 g/mol. The van der Waals surface area contributed by atoms with Gasteiger partial charge >= 0.3 is 5.97 Å². The summed E-state index contributed by atoms with van der Waals surface area (Å²) in [5, 5.41) is 10.0. The fraction of sp³-hybridized carbons (Fsp3) is 0.692. The number of nitrogens with zero attached hydrogens (tertiary/aromatic N) is 1. The minimum atomic E-state index is -0.781. The van der Waals surface area contributed by atoms with Crippen LogP contribution < -0.4 is 0 Å². The number of aliphatic carboxylic acids is 1. The zero-order chi connectivity index (χ0) is 13.8. The molecule has 0 atom stereocenters. The molecule has 5 heteroatoms. The third kappa shape index (κ3) is 4.61. The highest BCUT2D eigenvalue weighted by Crippen LogP contribution is 2.31. The summed E-state index contributed by atoms with van der Waals surface area (Å²) >= 11 is 3.41. The lowest BCUT2D eigenvalue weighted by molar-refractivity contribution is -0.136. The summed E-state index contributed by atoms with van der Waals surface area (Å²) in [7, 11) is 0. The largest absolute Gasteiger partial charge is 0.481 e. The standard InChI is InChI=1S/C13H21NO2S2/c1-5-6-17-8-10-14-12(13(2,3)4)9(18-10)7-11(15)16/h5-8H2,1-4H3,(H,15,16). The Balaban J connectivity index is 2.89. The van der Waals surface area contributed by atoms with Gasteiger partial charge in [-0.15, -0.1) is 11.3 Å². The van der Waals surface area contributed by atoms with E-state index in [0.29, 0.717) is 0 Å². The van der Waals surface area contributed by atoms with E-state index in [0.717, 1.165) is 33.5 Å². The molecule has 0 saturated heterocycles. The lowest BCUT2D eigenvalue weighted by Gasteiger charge is -2.16. The summed E-state index contributed by atoms with van der Waals surface area (Å²) in [6, 6.07) is 0. The van der Waals surface area contributed by atoms with Gasteiger partial charge in [-0.2, -0.15) is 11.8 Å². The summed E-state index contributed by atoms with van der Waals surface area (Å²) < 4.78 is 0. The van der Waals surface area contributed by atoms with Gasteiger partial charge in [0.25, 0.3) is 0 Å². The highest BCUT2D eigenvalue weighted by Gasteiger charge is 2.24. The van der Waals surface area contributed by atoms with Crippen LogP contribution in [-0.2, 0) is 22.4 Å². The molecule has 18 heavy (non-hydrogen) atoms. The molecule has 0 spiro atoms. The number of hydrogen-bond acceptors (Lipinski definition) is 4. The number of rotatable bonds is 6. The number of hydrogen-bond donors (Lipinski definition) is 1. The molecule has 1 aromatic rings. The minimum Gasteiger partial charge on any atom is -0.481 e. The maximum atomic E-state index is 10.9. The zero-order valence-electron chi connectivity index (χ0n) is 11.4. The van der Waals surface area contributed by atoms with Crippen molar-refractivity contribution in [3.8, 4) is 0 Å². The normalized spacial score (nSPS) is 11.8. The third-order valence-electron chi connectivity index (χ3n) is 2.34. The monoisotopic (exact) mass is 287 g/mol. The fourth-order valence-corrected chi connectivity index (χ4v) is 3.83. The molecule has 0 aliphatic carbocycles. The number of thiazole rings is 1. The Kier molecular flexibility index (Phi) is 5.66. The Hall–Kier alpha value is -0.550. The minimum absolute atomic E-state index is 0.0860. The van der Waals surface area contributed by atoms with Crippen molar-refractivity contribution in [2.75, 3.05) is 5.75 Å². The van der Waals surface area contributed by atoms with Crippen molar-refractivity contribution < 1.29 is 9.90 Å². The van der Waals surface area contributed by atoms with E-state index < -0.39 is 5.97 Å². The van der Waals surface area contributed by atoms with Crippen LogP contribution in [0.15, 0.2) is 0 Å². The van der Waals surface area contributed by atoms with Gasteiger partial charge in [-0.05, 0) is 12.2 Å². The summed E-state index contributed by atoms with van der Waals surface area (Å²) in [5.74, 6) is 1.23. The van der Waals surface area contributed by atoms with Crippen molar-refractivity contribution >= 4 is 29.1 Å². The SMILES string of the molecule is CCCSCc1nc(C(C)(C)C)c(CC(=O)O)s1. The second-order valence-electron chi connectivity index (χ2n) is 5.25. The van der Waals surface area contributed by atoms with Gasteiger partial charge in [0.15, 0.2) is 0 Å². The average molecular weight is 287 g/mol. The predicted molar refractivity (Wildman–Crippen MR) is 78.6 cm³/mol. The molecular formula is C13H21NO2S2. The lowest BCUT2D eigenvalue weighted by Crippen LogP contribution is -2.15. The van der Waals surface area contributed by atoms with Crippen LogP contribution in [-0.4, -0.2) is 21.8 Å². The molecule has 0 fully saturated rings. The molecule has 1 rings (SSSR count). The Bertz CT molecular complexity index is 408. The molecule has 1 N–H and O–H groups in total. The molecule has 0 bridgehead atoms. The van der Waals surface area contributed by atoms with Gasteiger partial charge < -0.3 is 5.11 Å². The molecule has 1 heterocycles. The fourth-order valence-electron chi connectivity index (χ4n) is 1.61. The zero-order valence-corrected chi connectivity index (χ0v) is 13.1. The average Bonchev–Trinajstić information content (AvgIpc) is 2.60. The van der Waals surface area contributed by atoms with E-state index in [4.69, 9.17) is 5.11 Å². The van der Waals surface area contributed by atoms with E-state index in [1.54, 1.807) is 11.3 Å². The molecule has 1 aromatic heterocycles. The first-order valence-corrected chi connectivity index (χ1v) is 8.10. The number of thioether (sulfide) groups is 1. The smallest absolute Gasteiger partial charge is 0.308 e. The van der Waals surface area contributed by atoms with Crippen LogP contribution in [0.1, 0.15) is 49.7 Å². The molecule has 0 saturated carbocycles. The molecule has 0 aromatic carbocycles. The van der Waals surface area contributed by atoms with E-state index in [2.05, 4.69) is 32.7 Å². The first-order chi connectivity index (χ1) is 8.34. The Morgan fingerprint density at radius 3 is 2.61 bits per heavy atom. The van der Waals surface area contributed by atoms with Crippen molar-refractivity contribution in [2.24, 2.45) is 0 Å². The van der Waals surface area contributed by atoms with Gasteiger partial charge in [0.05, 0.1) is 12.1 Å². The van der Waals surface area contributed by atoms with Gasteiger partial charge in [-0.25, -0.2) is 4.98 Å². The predicted octanol–water partition coefficient (Wildman–Crippen LogP) is 3.71. The quantitative estimate of drug-likeness (QED) is 0.810. The first kappa shape index (κ1) is 15.5. The van der Waals surface area contributed by atoms with Gasteiger partial charge in [-0.3, -0.25) is 4.79 Å².